The number of amides is 1. The number of carbonyl (C=O) groups is 1. The number of anilines is 1. The Morgan fingerprint density at radius 2 is 1.81 bits per heavy atom. The van der Waals surface area contributed by atoms with Gasteiger partial charge in [-0.1, -0.05) is 6.07 Å². The van der Waals surface area contributed by atoms with Crippen LogP contribution in [-0.2, 0) is 4.79 Å². The fourth-order valence-electron chi connectivity index (χ4n) is 1.67. The molecule has 108 valence electrons. The molecule has 5 nitrogen and oxygen atoms in total. The Balaban J connectivity index is 1.99. The minimum Gasteiger partial charge on any atom is -0.504 e. The quantitative estimate of drug-likeness (QED) is 0.596. The highest BCUT2D eigenvalue weighted by Gasteiger charge is 2.00. The summed E-state index contributed by atoms with van der Waals surface area (Å²) < 4.78 is 5.03. The van der Waals surface area contributed by atoms with E-state index >= 15 is 0 Å². The topological polar surface area (TPSA) is 78.8 Å². The maximum atomic E-state index is 11.8. The zero-order chi connectivity index (χ0) is 15.2. The number of hydrogen-bond donors (Lipinski definition) is 3. The Bertz CT molecular complexity index is 662. The SMILES string of the molecule is COc1ccc(NC(=O)/C=C/c2ccc(O)c(O)c2)cc1. The Kier molecular flexibility index (Phi) is 4.46. The summed E-state index contributed by atoms with van der Waals surface area (Å²) in [5, 5.41) is 21.2. The molecule has 0 aliphatic carbocycles. The van der Waals surface area contributed by atoms with Gasteiger partial charge in [0.2, 0.25) is 5.91 Å². The highest BCUT2D eigenvalue weighted by Crippen LogP contribution is 2.25. The van der Waals surface area contributed by atoms with Gasteiger partial charge in [0.15, 0.2) is 11.5 Å². The van der Waals surface area contributed by atoms with Crippen molar-refractivity contribution >= 4 is 17.7 Å². The average Bonchev–Trinajstić information content (AvgIpc) is 2.49. The van der Waals surface area contributed by atoms with Crippen LogP contribution in [0.15, 0.2) is 48.5 Å². The van der Waals surface area contributed by atoms with Gasteiger partial charge in [0, 0.05) is 11.8 Å². The van der Waals surface area contributed by atoms with E-state index in [1.54, 1.807) is 37.4 Å². The molecule has 0 spiro atoms. The number of methoxy groups -OCH3 is 1. The van der Waals surface area contributed by atoms with Crippen molar-refractivity contribution in [2.45, 2.75) is 0 Å². The molecule has 0 bridgehead atoms. The van der Waals surface area contributed by atoms with E-state index in [0.29, 0.717) is 17.0 Å². The van der Waals surface area contributed by atoms with E-state index in [4.69, 9.17) is 4.74 Å². The van der Waals surface area contributed by atoms with Gasteiger partial charge in [-0.3, -0.25) is 4.79 Å². The average molecular weight is 285 g/mol. The van der Waals surface area contributed by atoms with Gasteiger partial charge in [0.25, 0.3) is 0 Å². The number of carbonyl (C=O) groups excluding carboxylic acids is 1. The maximum absolute atomic E-state index is 11.8. The molecular formula is C16H15NO4. The predicted octanol–water partition coefficient (Wildman–Crippen LogP) is 2.76. The third kappa shape index (κ3) is 4.01. The number of phenolic OH excluding ortho intramolecular Hbond substituents is 2. The summed E-state index contributed by atoms with van der Waals surface area (Å²) in [4.78, 5) is 11.8. The van der Waals surface area contributed by atoms with Crippen LogP contribution < -0.4 is 10.1 Å². The third-order valence-corrected chi connectivity index (χ3v) is 2.78. The van der Waals surface area contributed by atoms with Crippen LogP contribution in [0.2, 0.25) is 0 Å². The van der Waals surface area contributed by atoms with Crippen LogP contribution in [0.4, 0.5) is 5.69 Å². The van der Waals surface area contributed by atoms with Crippen LogP contribution in [0.5, 0.6) is 17.2 Å². The van der Waals surface area contributed by atoms with Gasteiger partial charge in [-0.15, -0.1) is 0 Å². The summed E-state index contributed by atoms with van der Waals surface area (Å²) in [6.07, 6.45) is 2.88. The summed E-state index contributed by atoms with van der Waals surface area (Å²) in [6.45, 7) is 0. The molecule has 0 atom stereocenters. The Labute approximate surface area is 122 Å². The van der Waals surface area contributed by atoms with E-state index < -0.39 is 0 Å². The number of nitrogens with one attached hydrogen (secondary N) is 1. The second-order valence-electron chi connectivity index (χ2n) is 4.30. The largest absolute Gasteiger partial charge is 0.504 e. The first-order valence-corrected chi connectivity index (χ1v) is 6.23. The summed E-state index contributed by atoms with van der Waals surface area (Å²) in [5.41, 5.74) is 1.26. The van der Waals surface area contributed by atoms with Gasteiger partial charge in [-0.05, 0) is 48.0 Å². The van der Waals surface area contributed by atoms with Gasteiger partial charge in [0.05, 0.1) is 7.11 Å². The van der Waals surface area contributed by atoms with Crippen LogP contribution in [-0.4, -0.2) is 23.2 Å². The fourth-order valence-corrected chi connectivity index (χ4v) is 1.67. The smallest absolute Gasteiger partial charge is 0.248 e. The van der Waals surface area contributed by atoms with E-state index in [2.05, 4.69) is 5.32 Å². The fraction of sp³-hybridized carbons (Fsp3) is 0.0625. The molecule has 0 saturated carbocycles. The van der Waals surface area contributed by atoms with Crippen LogP contribution in [0.1, 0.15) is 5.56 Å². The molecule has 0 aromatic heterocycles. The number of rotatable bonds is 4. The van der Waals surface area contributed by atoms with Crippen LogP contribution in [0, 0.1) is 0 Å². The van der Waals surface area contributed by atoms with E-state index in [1.165, 1.54) is 24.3 Å². The number of aromatic hydroxyl groups is 2. The third-order valence-electron chi connectivity index (χ3n) is 2.78. The van der Waals surface area contributed by atoms with Crippen molar-refractivity contribution in [1.29, 1.82) is 0 Å². The molecule has 2 aromatic rings. The standard InChI is InChI=1S/C16H15NO4/c1-21-13-6-4-12(5-7-13)17-16(20)9-3-11-2-8-14(18)15(19)10-11/h2-10,18-19H,1H3,(H,17,20)/b9-3+. The van der Waals surface area contributed by atoms with Gasteiger partial charge >= 0.3 is 0 Å². The van der Waals surface area contributed by atoms with E-state index in [-0.39, 0.29) is 17.4 Å². The monoisotopic (exact) mass is 285 g/mol. The lowest BCUT2D eigenvalue weighted by Crippen LogP contribution is -2.07. The molecular weight excluding hydrogens is 270 g/mol. The van der Waals surface area contributed by atoms with Crippen molar-refractivity contribution in [3.05, 3.63) is 54.1 Å². The highest BCUT2D eigenvalue weighted by molar-refractivity contribution is 6.01. The van der Waals surface area contributed by atoms with Crippen molar-refractivity contribution < 1.29 is 19.7 Å². The zero-order valence-corrected chi connectivity index (χ0v) is 11.4. The normalized spacial score (nSPS) is 10.5. The van der Waals surface area contributed by atoms with Crippen molar-refractivity contribution in [2.75, 3.05) is 12.4 Å². The number of phenols is 2. The minimum atomic E-state index is -0.298. The first-order chi connectivity index (χ1) is 10.1. The van der Waals surface area contributed by atoms with Crippen molar-refractivity contribution in [2.24, 2.45) is 0 Å². The van der Waals surface area contributed by atoms with Gasteiger partial charge in [-0.25, -0.2) is 0 Å². The lowest BCUT2D eigenvalue weighted by molar-refractivity contribution is -0.111. The number of ether oxygens (including phenoxy) is 1. The summed E-state index contributed by atoms with van der Waals surface area (Å²) >= 11 is 0. The molecule has 0 unspecified atom stereocenters. The molecule has 2 aromatic carbocycles. The lowest BCUT2D eigenvalue weighted by Gasteiger charge is -2.04. The number of benzene rings is 2. The van der Waals surface area contributed by atoms with Crippen LogP contribution >= 0.6 is 0 Å². The van der Waals surface area contributed by atoms with Gasteiger partial charge < -0.3 is 20.3 Å². The van der Waals surface area contributed by atoms with Crippen LogP contribution in [0.3, 0.4) is 0 Å². The first kappa shape index (κ1) is 14.5. The van der Waals surface area contributed by atoms with Crippen LogP contribution in [0.25, 0.3) is 6.08 Å². The van der Waals surface area contributed by atoms with Gasteiger partial charge in [-0.2, -0.15) is 0 Å². The summed E-state index contributed by atoms with van der Waals surface area (Å²) in [7, 11) is 1.57. The summed E-state index contributed by atoms with van der Waals surface area (Å²) in [5.74, 6) is -0.0154. The lowest BCUT2D eigenvalue weighted by atomic mass is 10.2. The molecule has 1 amide bonds. The Hall–Kier alpha value is -2.95. The molecule has 0 saturated heterocycles. The maximum Gasteiger partial charge on any atom is 0.248 e. The molecule has 0 heterocycles. The minimum absolute atomic E-state index is 0.199. The van der Waals surface area contributed by atoms with E-state index in [0.717, 1.165) is 0 Å². The first-order valence-electron chi connectivity index (χ1n) is 6.23. The molecule has 0 radical (unpaired) electrons. The number of hydrogen-bond acceptors (Lipinski definition) is 4. The van der Waals surface area contributed by atoms with Crippen molar-refractivity contribution in [3.8, 4) is 17.2 Å². The van der Waals surface area contributed by atoms with Gasteiger partial charge in [0.1, 0.15) is 5.75 Å². The van der Waals surface area contributed by atoms with E-state index in [1.807, 2.05) is 0 Å². The van der Waals surface area contributed by atoms with E-state index in [9.17, 15) is 15.0 Å². The highest BCUT2D eigenvalue weighted by atomic mass is 16.5. The van der Waals surface area contributed by atoms with Crippen molar-refractivity contribution in [1.82, 2.24) is 0 Å². The molecule has 5 heteroatoms. The summed E-state index contributed by atoms with van der Waals surface area (Å²) in [6, 6.07) is 11.3. The molecule has 21 heavy (non-hydrogen) atoms. The molecule has 0 fully saturated rings. The predicted molar refractivity (Wildman–Crippen MR) is 80.4 cm³/mol. The molecule has 0 aliphatic rings. The molecule has 0 aliphatic heterocycles. The molecule has 3 N–H and O–H groups in total. The zero-order valence-electron chi connectivity index (χ0n) is 11.4. The second-order valence-corrected chi connectivity index (χ2v) is 4.30. The Morgan fingerprint density at radius 3 is 2.43 bits per heavy atom. The second kappa shape index (κ2) is 6.47. The Morgan fingerprint density at radius 1 is 1.10 bits per heavy atom. The molecule has 2 rings (SSSR count). The van der Waals surface area contributed by atoms with Crippen molar-refractivity contribution in [3.63, 3.8) is 0 Å².